The van der Waals surface area contributed by atoms with Gasteiger partial charge in [0.25, 0.3) is 0 Å². The van der Waals surface area contributed by atoms with Gasteiger partial charge in [-0.2, -0.15) is 0 Å². The van der Waals surface area contributed by atoms with Crippen LogP contribution in [0.3, 0.4) is 0 Å². The first-order valence-electron chi connectivity index (χ1n) is 5.28. The van der Waals surface area contributed by atoms with Crippen LogP contribution in [-0.4, -0.2) is 35.0 Å². The summed E-state index contributed by atoms with van der Waals surface area (Å²) in [5.74, 6) is -0.274. The van der Waals surface area contributed by atoms with Crippen molar-refractivity contribution in [3.05, 3.63) is 29.8 Å². The summed E-state index contributed by atoms with van der Waals surface area (Å²) >= 11 is 1.61. The molecular formula is C12H17NO3S. The number of hydrogen-bond donors (Lipinski definition) is 3. The molecule has 17 heavy (non-hydrogen) atoms. The average Bonchev–Trinajstić information content (AvgIpc) is 2.35. The number of aliphatic hydroxyl groups is 2. The molecule has 0 aliphatic heterocycles. The lowest BCUT2D eigenvalue weighted by Crippen LogP contribution is -2.40. The Hall–Kier alpha value is -1.04. The van der Waals surface area contributed by atoms with Gasteiger partial charge in [0, 0.05) is 11.8 Å². The highest BCUT2D eigenvalue weighted by Crippen LogP contribution is 2.21. The standard InChI is InChI=1S/C12H17NO3S/c1-8(15)13-11(7-14)12(16)9-3-5-10(17-2)6-4-9/h3-6,11-12,14,16H,7H2,1-2H3,(H,13,15)/t11-,12+/m0/s1. The van der Waals surface area contributed by atoms with Gasteiger partial charge < -0.3 is 15.5 Å². The van der Waals surface area contributed by atoms with E-state index in [2.05, 4.69) is 5.32 Å². The normalized spacial score (nSPS) is 14.1. The molecule has 0 unspecified atom stereocenters. The number of hydrogen-bond acceptors (Lipinski definition) is 4. The van der Waals surface area contributed by atoms with Crippen molar-refractivity contribution in [2.45, 2.75) is 24.0 Å². The lowest BCUT2D eigenvalue weighted by Gasteiger charge is -2.22. The molecule has 0 bridgehead atoms. The van der Waals surface area contributed by atoms with Crippen LogP contribution >= 0.6 is 11.8 Å². The van der Waals surface area contributed by atoms with Gasteiger partial charge >= 0.3 is 0 Å². The molecule has 0 heterocycles. The van der Waals surface area contributed by atoms with Gasteiger partial charge in [0.1, 0.15) is 6.10 Å². The number of benzene rings is 1. The molecule has 4 nitrogen and oxygen atoms in total. The molecule has 3 N–H and O–H groups in total. The maximum absolute atomic E-state index is 10.9. The molecule has 1 aromatic rings. The van der Waals surface area contributed by atoms with Gasteiger partial charge in [-0.1, -0.05) is 12.1 Å². The Labute approximate surface area is 105 Å². The largest absolute Gasteiger partial charge is 0.394 e. The van der Waals surface area contributed by atoms with Crippen LogP contribution in [0, 0.1) is 0 Å². The third-order valence-electron chi connectivity index (χ3n) is 2.42. The van der Waals surface area contributed by atoms with Crippen molar-refractivity contribution in [2.24, 2.45) is 0 Å². The van der Waals surface area contributed by atoms with Gasteiger partial charge in [-0.15, -0.1) is 11.8 Å². The maximum Gasteiger partial charge on any atom is 0.217 e. The number of nitrogens with one attached hydrogen (secondary N) is 1. The zero-order valence-electron chi connectivity index (χ0n) is 9.88. The summed E-state index contributed by atoms with van der Waals surface area (Å²) in [7, 11) is 0. The highest BCUT2D eigenvalue weighted by Gasteiger charge is 2.20. The number of rotatable bonds is 5. The lowest BCUT2D eigenvalue weighted by atomic mass is 10.0. The van der Waals surface area contributed by atoms with Crippen molar-refractivity contribution in [1.82, 2.24) is 5.32 Å². The first-order valence-corrected chi connectivity index (χ1v) is 6.51. The average molecular weight is 255 g/mol. The molecule has 0 saturated carbocycles. The summed E-state index contributed by atoms with van der Waals surface area (Å²) in [4.78, 5) is 12.0. The third kappa shape index (κ3) is 4.03. The van der Waals surface area contributed by atoms with E-state index in [4.69, 9.17) is 5.11 Å². The van der Waals surface area contributed by atoms with E-state index < -0.39 is 12.1 Å². The summed E-state index contributed by atoms with van der Waals surface area (Å²) in [6.45, 7) is 1.05. The van der Waals surface area contributed by atoms with E-state index in [0.717, 1.165) is 4.90 Å². The van der Waals surface area contributed by atoms with Gasteiger partial charge in [-0.25, -0.2) is 0 Å². The number of amides is 1. The van der Waals surface area contributed by atoms with Crippen LogP contribution in [-0.2, 0) is 4.79 Å². The SMILES string of the molecule is CSc1ccc([C@@H](O)[C@H](CO)NC(C)=O)cc1. The number of aliphatic hydroxyl groups excluding tert-OH is 2. The first-order chi connectivity index (χ1) is 8.08. The molecule has 1 rings (SSSR count). The van der Waals surface area contributed by atoms with E-state index in [1.54, 1.807) is 23.9 Å². The number of carbonyl (C=O) groups excluding carboxylic acids is 1. The molecule has 2 atom stereocenters. The molecule has 0 spiro atoms. The van der Waals surface area contributed by atoms with Crippen LogP contribution in [0.5, 0.6) is 0 Å². The molecular weight excluding hydrogens is 238 g/mol. The summed E-state index contributed by atoms with van der Waals surface area (Å²) in [5, 5.41) is 21.7. The fourth-order valence-electron chi connectivity index (χ4n) is 1.52. The molecule has 0 aliphatic carbocycles. The summed E-state index contributed by atoms with van der Waals surface area (Å²) in [6, 6.07) is 6.70. The molecule has 1 aromatic carbocycles. The Balaban J connectivity index is 2.78. The second kappa shape index (κ2) is 6.64. The highest BCUT2D eigenvalue weighted by atomic mass is 32.2. The van der Waals surface area contributed by atoms with E-state index in [9.17, 15) is 9.90 Å². The Bertz CT molecular complexity index is 367. The second-order valence-corrected chi connectivity index (χ2v) is 4.59. The molecule has 1 amide bonds. The molecule has 5 heteroatoms. The van der Waals surface area contributed by atoms with Gasteiger partial charge in [0.2, 0.25) is 5.91 Å². The molecule has 0 radical (unpaired) electrons. The monoisotopic (exact) mass is 255 g/mol. The van der Waals surface area contributed by atoms with Gasteiger partial charge in [0.05, 0.1) is 12.6 Å². The molecule has 94 valence electrons. The Morgan fingerprint density at radius 2 is 2.00 bits per heavy atom. The van der Waals surface area contributed by atoms with Crippen LogP contribution in [0.4, 0.5) is 0 Å². The zero-order valence-corrected chi connectivity index (χ0v) is 10.7. The number of carbonyl (C=O) groups is 1. The Morgan fingerprint density at radius 1 is 1.41 bits per heavy atom. The predicted octanol–water partition coefficient (Wildman–Crippen LogP) is 0.939. The minimum absolute atomic E-state index is 0.274. The minimum atomic E-state index is -0.903. The second-order valence-electron chi connectivity index (χ2n) is 3.71. The van der Waals surface area contributed by atoms with Crippen LogP contribution < -0.4 is 5.32 Å². The molecule has 0 aromatic heterocycles. The van der Waals surface area contributed by atoms with Crippen molar-refractivity contribution in [3.8, 4) is 0 Å². The van der Waals surface area contributed by atoms with E-state index in [1.807, 2.05) is 18.4 Å². The van der Waals surface area contributed by atoms with E-state index >= 15 is 0 Å². The first kappa shape index (κ1) is 14.0. The summed E-state index contributed by atoms with van der Waals surface area (Å²) < 4.78 is 0. The van der Waals surface area contributed by atoms with Crippen LogP contribution in [0.15, 0.2) is 29.2 Å². The van der Waals surface area contributed by atoms with Crippen molar-refractivity contribution in [2.75, 3.05) is 12.9 Å². The van der Waals surface area contributed by atoms with Crippen LogP contribution in [0.1, 0.15) is 18.6 Å². The fourth-order valence-corrected chi connectivity index (χ4v) is 1.93. The van der Waals surface area contributed by atoms with Crippen LogP contribution in [0.25, 0.3) is 0 Å². The minimum Gasteiger partial charge on any atom is -0.394 e. The Morgan fingerprint density at radius 3 is 2.41 bits per heavy atom. The third-order valence-corrected chi connectivity index (χ3v) is 3.17. The van der Waals surface area contributed by atoms with Crippen molar-refractivity contribution >= 4 is 17.7 Å². The highest BCUT2D eigenvalue weighted by molar-refractivity contribution is 7.98. The molecule has 0 saturated heterocycles. The van der Waals surface area contributed by atoms with E-state index in [1.165, 1.54) is 6.92 Å². The fraction of sp³-hybridized carbons (Fsp3) is 0.417. The summed E-state index contributed by atoms with van der Waals surface area (Å²) in [6.07, 6.45) is 1.07. The van der Waals surface area contributed by atoms with Gasteiger partial charge in [-0.05, 0) is 24.0 Å². The summed E-state index contributed by atoms with van der Waals surface area (Å²) in [5.41, 5.74) is 0.676. The molecule has 0 aliphatic rings. The van der Waals surface area contributed by atoms with Crippen molar-refractivity contribution < 1.29 is 15.0 Å². The van der Waals surface area contributed by atoms with Crippen LogP contribution in [0.2, 0.25) is 0 Å². The van der Waals surface area contributed by atoms with Gasteiger partial charge in [0.15, 0.2) is 0 Å². The maximum atomic E-state index is 10.9. The smallest absolute Gasteiger partial charge is 0.217 e. The van der Waals surface area contributed by atoms with E-state index in [0.29, 0.717) is 5.56 Å². The molecule has 0 fully saturated rings. The lowest BCUT2D eigenvalue weighted by molar-refractivity contribution is -0.121. The van der Waals surface area contributed by atoms with Crippen molar-refractivity contribution in [3.63, 3.8) is 0 Å². The van der Waals surface area contributed by atoms with E-state index in [-0.39, 0.29) is 12.5 Å². The quantitative estimate of drug-likeness (QED) is 0.685. The van der Waals surface area contributed by atoms with Gasteiger partial charge in [-0.3, -0.25) is 4.79 Å². The topological polar surface area (TPSA) is 69.6 Å². The van der Waals surface area contributed by atoms with Crippen molar-refractivity contribution in [1.29, 1.82) is 0 Å². The number of thioether (sulfide) groups is 1. The zero-order chi connectivity index (χ0) is 12.8. The predicted molar refractivity (Wildman–Crippen MR) is 67.9 cm³/mol. The Kier molecular flexibility index (Phi) is 5.47.